The summed E-state index contributed by atoms with van der Waals surface area (Å²) in [6.45, 7) is 2.74. The summed E-state index contributed by atoms with van der Waals surface area (Å²) in [5.74, 6) is -0.965. The number of hydrogen-bond donors (Lipinski definition) is 2. The Morgan fingerprint density at radius 1 is 1.53 bits per heavy atom. The zero-order valence-corrected chi connectivity index (χ0v) is 9.03. The van der Waals surface area contributed by atoms with Gasteiger partial charge in [0.15, 0.2) is 0 Å². The Labute approximate surface area is 89.2 Å². The van der Waals surface area contributed by atoms with Gasteiger partial charge >= 0.3 is 5.97 Å². The number of carboxylic acid groups (broad SMARTS) is 1. The van der Waals surface area contributed by atoms with Crippen LogP contribution in [0.4, 0.5) is 0 Å². The monoisotopic (exact) mass is 214 g/mol. The highest BCUT2D eigenvalue weighted by Gasteiger charge is 2.41. The number of amides is 1. The van der Waals surface area contributed by atoms with Crippen molar-refractivity contribution in [1.29, 1.82) is 0 Å². The summed E-state index contributed by atoms with van der Waals surface area (Å²) < 4.78 is 0. The fourth-order valence-corrected chi connectivity index (χ4v) is 2.09. The number of aliphatic carboxylic acids is 1. The van der Waals surface area contributed by atoms with Gasteiger partial charge in [0.2, 0.25) is 5.91 Å². The van der Waals surface area contributed by atoms with Crippen LogP contribution in [0.2, 0.25) is 0 Å². The largest absolute Gasteiger partial charge is 0.481 e. The topological polar surface area (TPSA) is 83.6 Å². The molecule has 1 amide bonds. The quantitative estimate of drug-likeness (QED) is 0.695. The van der Waals surface area contributed by atoms with Crippen LogP contribution in [0.15, 0.2) is 0 Å². The van der Waals surface area contributed by atoms with E-state index < -0.39 is 11.4 Å². The Balaban J connectivity index is 2.77. The van der Waals surface area contributed by atoms with Gasteiger partial charge in [0.05, 0.1) is 12.0 Å². The predicted octanol–water partition coefficient (Wildman–Crippen LogP) is 0.0485. The number of hydrogen-bond acceptors (Lipinski definition) is 3. The van der Waals surface area contributed by atoms with Crippen LogP contribution in [0.5, 0.6) is 0 Å². The molecule has 0 spiro atoms. The van der Waals surface area contributed by atoms with Crippen LogP contribution >= 0.6 is 0 Å². The van der Waals surface area contributed by atoms with Crippen LogP contribution in [0.25, 0.3) is 0 Å². The van der Waals surface area contributed by atoms with Crippen molar-refractivity contribution in [2.75, 3.05) is 19.6 Å². The van der Waals surface area contributed by atoms with Crippen LogP contribution in [0.1, 0.15) is 26.2 Å². The van der Waals surface area contributed by atoms with E-state index in [0.717, 1.165) is 6.42 Å². The van der Waals surface area contributed by atoms with Crippen LogP contribution < -0.4 is 5.73 Å². The second-order valence-corrected chi connectivity index (χ2v) is 4.06. The molecule has 1 aliphatic rings. The molecule has 15 heavy (non-hydrogen) atoms. The number of carboxylic acids is 1. The van der Waals surface area contributed by atoms with Gasteiger partial charge in [-0.1, -0.05) is 6.92 Å². The maximum absolute atomic E-state index is 11.4. The van der Waals surface area contributed by atoms with E-state index in [-0.39, 0.29) is 12.5 Å². The molecular formula is C10H18N2O3. The second-order valence-electron chi connectivity index (χ2n) is 4.06. The molecule has 1 fully saturated rings. The lowest BCUT2D eigenvalue weighted by atomic mass is 9.77. The number of nitrogens with zero attached hydrogens (tertiary/aromatic N) is 1. The van der Waals surface area contributed by atoms with E-state index in [1.165, 1.54) is 0 Å². The van der Waals surface area contributed by atoms with Crippen molar-refractivity contribution in [3.63, 3.8) is 0 Å². The number of carbonyl (C=O) groups is 2. The Morgan fingerprint density at radius 2 is 2.20 bits per heavy atom. The van der Waals surface area contributed by atoms with Crippen molar-refractivity contribution in [3.8, 4) is 0 Å². The highest BCUT2D eigenvalue weighted by Crippen LogP contribution is 2.33. The fraction of sp³-hybridized carbons (Fsp3) is 0.800. The molecule has 0 aliphatic carbocycles. The van der Waals surface area contributed by atoms with Crippen molar-refractivity contribution >= 4 is 11.9 Å². The van der Waals surface area contributed by atoms with E-state index in [1.807, 2.05) is 6.92 Å². The van der Waals surface area contributed by atoms with Crippen LogP contribution in [0.3, 0.4) is 0 Å². The highest BCUT2D eigenvalue weighted by atomic mass is 16.4. The summed E-state index contributed by atoms with van der Waals surface area (Å²) in [6.07, 6.45) is 1.94. The standard InChI is InChI=1S/C10H18N2O3/c1-2-10(9(14)15)4-3-5-12(7-10)8(13)6-11/h2-7,11H2,1H3,(H,14,15). The SMILES string of the molecule is CCC1(C(=O)O)CCCN(C(=O)CN)C1. The van der Waals surface area contributed by atoms with Crippen molar-refractivity contribution in [2.45, 2.75) is 26.2 Å². The number of rotatable bonds is 3. The van der Waals surface area contributed by atoms with Crippen LogP contribution in [-0.4, -0.2) is 41.5 Å². The first-order valence-electron chi connectivity index (χ1n) is 5.27. The molecule has 0 bridgehead atoms. The molecule has 3 N–H and O–H groups in total. The smallest absolute Gasteiger partial charge is 0.311 e. The van der Waals surface area contributed by atoms with E-state index in [2.05, 4.69) is 0 Å². The third-order valence-electron chi connectivity index (χ3n) is 3.23. The van der Waals surface area contributed by atoms with E-state index in [0.29, 0.717) is 25.9 Å². The summed E-state index contributed by atoms with van der Waals surface area (Å²) in [5, 5.41) is 9.19. The Morgan fingerprint density at radius 3 is 2.67 bits per heavy atom. The Kier molecular flexibility index (Phi) is 3.68. The maximum Gasteiger partial charge on any atom is 0.311 e. The molecule has 0 aromatic carbocycles. The molecule has 1 aliphatic heterocycles. The molecule has 0 aromatic heterocycles. The molecule has 0 radical (unpaired) electrons. The minimum Gasteiger partial charge on any atom is -0.481 e. The van der Waals surface area contributed by atoms with Gasteiger partial charge in [-0.25, -0.2) is 0 Å². The Hall–Kier alpha value is -1.10. The average molecular weight is 214 g/mol. The van der Waals surface area contributed by atoms with E-state index in [4.69, 9.17) is 5.73 Å². The van der Waals surface area contributed by atoms with Crippen molar-refractivity contribution < 1.29 is 14.7 Å². The molecular weight excluding hydrogens is 196 g/mol. The van der Waals surface area contributed by atoms with Crippen LogP contribution in [-0.2, 0) is 9.59 Å². The number of nitrogens with two attached hydrogens (primary N) is 1. The second kappa shape index (κ2) is 4.61. The first kappa shape index (κ1) is 12.0. The van der Waals surface area contributed by atoms with Crippen molar-refractivity contribution in [1.82, 2.24) is 4.90 Å². The minimum absolute atomic E-state index is 0.0422. The summed E-state index contributed by atoms with van der Waals surface area (Å²) >= 11 is 0. The zero-order valence-electron chi connectivity index (χ0n) is 9.03. The van der Waals surface area contributed by atoms with Gasteiger partial charge in [0.1, 0.15) is 0 Å². The molecule has 86 valence electrons. The zero-order chi connectivity index (χ0) is 11.5. The van der Waals surface area contributed by atoms with Gasteiger partial charge in [-0.3, -0.25) is 9.59 Å². The predicted molar refractivity (Wildman–Crippen MR) is 55.2 cm³/mol. The summed E-state index contributed by atoms with van der Waals surface area (Å²) in [7, 11) is 0. The molecule has 1 unspecified atom stereocenters. The molecule has 0 aromatic rings. The maximum atomic E-state index is 11.4. The third kappa shape index (κ3) is 2.28. The van der Waals surface area contributed by atoms with Crippen molar-refractivity contribution in [3.05, 3.63) is 0 Å². The lowest BCUT2D eigenvalue weighted by molar-refractivity contribution is -0.155. The summed E-state index contributed by atoms with van der Waals surface area (Å²) in [5.41, 5.74) is 4.51. The first-order valence-corrected chi connectivity index (χ1v) is 5.27. The molecule has 1 rings (SSSR count). The van der Waals surface area contributed by atoms with E-state index in [9.17, 15) is 14.7 Å². The fourth-order valence-electron chi connectivity index (χ4n) is 2.09. The van der Waals surface area contributed by atoms with Gasteiger partial charge in [-0.15, -0.1) is 0 Å². The summed E-state index contributed by atoms with van der Waals surface area (Å²) in [6, 6.07) is 0. The Bertz CT molecular complexity index is 267. The van der Waals surface area contributed by atoms with E-state index >= 15 is 0 Å². The number of likely N-dealkylation sites (tertiary alicyclic amines) is 1. The van der Waals surface area contributed by atoms with E-state index in [1.54, 1.807) is 4.90 Å². The molecule has 5 heteroatoms. The molecule has 5 nitrogen and oxygen atoms in total. The minimum atomic E-state index is -0.806. The molecule has 1 heterocycles. The van der Waals surface area contributed by atoms with Gasteiger partial charge in [0, 0.05) is 13.1 Å². The third-order valence-corrected chi connectivity index (χ3v) is 3.23. The normalized spacial score (nSPS) is 26.4. The van der Waals surface area contributed by atoms with Gasteiger partial charge in [0.25, 0.3) is 0 Å². The average Bonchev–Trinajstić information content (AvgIpc) is 2.27. The number of carbonyl (C=O) groups excluding carboxylic acids is 1. The van der Waals surface area contributed by atoms with Gasteiger partial charge in [-0.2, -0.15) is 0 Å². The highest BCUT2D eigenvalue weighted by molar-refractivity contribution is 5.80. The summed E-state index contributed by atoms with van der Waals surface area (Å²) in [4.78, 5) is 24.2. The number of piperidine rings is 1. The molecule has 1 atom stereocenters. The lowest BCUT2D eigenvalue weighted by Crippen LogP contribution is -2.51. The lowest BCUT2D eigenvalue weighted by Gasteiger charge is -2.39. The van der Waals surface area contributed by atoms with Gasteiger partial charge < -0.3 is 15.7 Å². The molecule has 0 saturated carbocycles. The van der Waals surface area contributed by atoms with Gasteiger partial charge in [-0.05, 0) is 19.3 Å². The van der Waals surface area contributed by atoms with Crippen LogP contribution in [0, 0.1) is 5.41 Å². The molecule has 1 saturated heterocycles. The first-order chi connectivity index (χ1) is 7.05. The van der Waals surface area contributed by atoms with Crippen molar-refractivity contribution in [2.24, 2.45) is 11.1 Å².